The van der Waals surface area contributed by atoms with Gasteiger partial charge in [0.05, 0.1) is 36.4 Å². The average molecular weight is 600 g/mol. The molecule has 2 fully saturated rings. The van der Waals surface area contributed by atoms with Crippen LogP contribution >= 0.6 is 7.82 Å². The summed E-state index contributed by atoms with van der Waals surface area (Å²) in [5.41, 5.74) is 2.30. The summed E-state index contributed by atoms with van der Waals surface area (Å²) in [4.78, 5) is 36.9. The Bertz CT molecular complexity index is 1100. The van der Waals surface area contributed by atoms with Gasteiger partial charge in [-0.1, -0.05) is 26.0 Å². The third-order valence-corrected chi connectivity index (χ3v) is 8.52. The number of hydrogen-bond donors (Lipinski definition) is 3. The molecule has 0 radical (unpaired) electrons. The number of ether oxygens (including phenoxy) is 3. The summed E-state index contributed by atoms with van der Waals surface area (Å²) < 4.78 is 40.1. The summed E-state index contributed by atoms with van der Waals surface area (Å²) in [7, 11) is -3.18. The summed E-state index contributed by atoms with van der Waals surface area (Å²) in [5.74, 6) is -1.19. The fourth-order valence-electron chi connectivity index (χ4n) is 5.47. The molecule has 0 saturated carbocycles. The van der Waals surface area contributed by atoms with Gasteiger partial charge in [0.25, 0.3) is 0 Å². The fraction of sp³-hybridized carbons (Fsp3) is 0.724. The minimum absolute atomic E-state index is 0.109. The largest absolute Gasteiger partial charge is 0.469 e. The molecule has 0 spiro atoms. The normalized spacial score (nSPS) is 32.4. The molecule has 8 unspecified atom stereocenters. The lowest BCUT2D eigenvalue weighted by Gasteiger charge is -2.35. The quantitative estimate of drug-likeness (QED) is 0.222. The van der Waals surface area contributed by atoms with Crippen molar-refractivity contribution in [1.82, 2.24) is 4.98 Å². The van der Waals surface area contributed by atoms with Crippen molar-refractivity contribution in [1.29, 1.82) is 0 Å². The van der Waals surface area contributed by atoms with Gasteiger partial charge in [0.15, 0.2) is 0 Å². The van der Waals surface area contributed by atoms with Crippen LogP contribution in [0, 0.1) is 11.8 Å². The van der Waals surface area contributed by atoms with Crippen LogP contribution in [0.1, 0.15) is 96.8 Å². The molecule has 0 amide bonds. The number of rotatable bonds is 6. The summed E-state index contributed by atoms with van der Waals surface area (Å²) >= 11 is 0. The first-order valence-electron chi connectivity index (χ1n) is 14.3. The van der Waals surface area contributed by atoms with Crippen molar-refractivity contribution in [3.8, 4) is 0 Å². The van der Waals surface area contributed by atoms with E-state index in [0.29, 0.717) is 43.7 Å². The molecule has 2 aliphatic heterocycles. The van der Waals surface area contributed by atoms with Crippen molar-refractivity contribution >= 4 is 19.9 Å². The van der Waals surface area contributed by atoms with Gasteiger partial charge in [-0.3, -0.25) is 9.32 Å². The third kappa shape index (κ3) is 10.7. The minimum atomic E-state index is -4.79. The van der Waals surface area contributed by atoms with E-state index in [1.165, 1.54) is 6.26 Å². The van der Waals surface area contributed by atoms with Crippen LogP contribution in [0.2, 0.25) is 0 Å². The van der Waals surface area contributed by atoms with Gasteiger partial charge in [0.1, 0.15) is 18.1 Å². The van der Waals surface area contributed by atoms with Crippen molar-refractivity contribution in [3.05, 3.63) is 35.6 Å². The number of aliphatic hydroxyl groups is 1. The number of hydrogen-bond acceptors (Lipinski definition) is 9. The number of phosphoric acid groups is 1. The van der Waals surface area contributed by atoms with Gasteiger partial charge in [-0.15, -0.1) is 0 Å². The van der Waals surface area contributed by atoms with Crippen molar-refractivity contribution in [2.75, 3.05) is 7.11 Å². The Kier molecular flexibility index (Phi) is 12.4. The van der Waals surface area contributed by atoms with Crippen LogP contribution in [-0.4, -0.2) is 63.5 Å². The number of aromatic nitrogens is 1. The van der Waals surface area contributed by atoms with Crippen LogP contribution in [0.15, 0.2) is 28.4 Å². The lowest BCUT2D eigenvalue weighted by molar-refractivity contribution is -0.156. The second-order valence-electron chi connectivity index (χ2n) is 11.6. The van der Waals surface area contributed by atoms with E-state index in [0.717, 1.165) is 11.1 Å². The van der Waals surface area contributed by atoms with Crippen LogP contribution in [0.25, 0.3) is 6.08 Å². The Morgan fingerprint density at radius 1 is 1.20 bits per heavy atom. The Labute approximate surface area is 242 Å². The van der Waals surface area contributed by atoms with E-state index in [2.05, 4.69) is 11.6 Å². The number of nitrogens with zero attached hydrogens (tertiary/aromatic N) is 1. The molecular formula is C29H46NO10P. The number of carbonyl (C=O) groups excluding carboxylic acids is 1. The van der Waals surface area contributed by atoms with E-state index < -0.39 is 43.9 Å². The third-order valence-electron chi connectivity index (χ3n) is 7.97. The highest BCUT2D eigenvalue weighted by atomic mass is 31.2. The molecule has 232 valence electrons. The Hall–Kier alpha value is -1.85. The molecule has 3 N–H and O–H groups in total. The molecule has 2 saturated heterocycles. The maximum absolute atomic E-state index is 13.2. The van der Waals surface area contributed by atoms with E-state index >= 15 is 0 Å². The van der Waals surface area contributed by atoms with Gasteiger partial charge < -0.3 is 33.5 Å². The van der Waals surface area contributed by atoms with Crippen LogP contribution in [0.5, 0.6) is 0 Å². The van der Waals surface area contributed by atoms with E-state index in [1.807, 2.05) is 13.8 Å². The molecule has 2 bridgehead atoms. The molecule has 8 atom stereocenters. The Morgan fingerprint density at radius 3 is 2.59 bits per heavy atom. The second-order valence-corrected chi connectivity index (χ2v) is 12.8. The van der Waals surface area contributed by atoms with Crippen LogP contribution in [0.3, 0.4) is 0 Å². The number of esters is 1. The zero-order chi connectivity index (χ0) is 30.3. The topological polar surface area (TPSA) is 158 Å². The van der Waals surface area contributed by atoms with Crippen LogP contribution in [-0.2, 0) is 28.1 Å². The highest BCUT2D eigenvalue weighted by Crippen LogP contribution is 2.43. The highest BCUT2D eigenvalue weighted by molar-refractivity contribution is 7.46. The Morgan fingerprint density at radius 2 is 1.90 bits per heavy atom. The van der Waals surface area contributed by atoms with E-state index in [9.17, 15) is 24.3 Å². The van der Waals surface area contributed by atoms with Crippen LogP contribution < -0.4 is 0 Å². The first-order valence-corrected chi connectivity index (χ1v) is 15.9. The minimum Gasteiger partial charge on any atom is -0.455 e. The number of oxazole rings is 1. The molecule has 3 heterocycles. The van der Waals surface area contributed by atoms with Gasteiger partial charge >= 0.3 is 13.8 Å². The lowest BCUT2D eigenvalue weighted by Crippen LogP contribution is -2.35. The van der Waals surface area contributed by atoms with Crippen molar-refractivity contribution in [3.63, 3.8) is 0 Å². The molecule has 1 aromatic heterocycles. The van der Waals surface area contributed by atoms with Gasteiger partial charge in [0.2, 0.25) is 5.89 Å². The average Bonchev–Trinajstić information content (AvgIpc) is 3.34. The summed E-state index contributed by atoms with van der Waals surface area (Å²) in [5, 5.41) is 10.9. The van der Waals surface area contributed by atoms with E-state index in [4.69, 9.17) is 23.2 Å². The fourth-order valence-corrected chi connectivity index (χ4v) is 6.12. The Balaban J connectivity index is 1.85. The standard InChI is InChI=1S/C29H46NO10P/c1-17-10-23-9-7-8-22(31)14-27(25-16-37-28(30-25)13-18(2)21(5)36-6)39-29(32)20(4)12-19(3)26(40-41(33,34)35)15-24(11-17)38-23/h13,16,19-24,26-27,31H,1,7-12,14-15H2,2-6H3,(H2,33,34,35). The molecule has 12 heteroatoms. The maximum atomic E-state index is 13.2. The summed E-state index contributed by atoms with van der Waals surface area (Å²) in [6.07, 6.45) is 3.96. The monoisotopic (exact) mass is 599 g/mol. The predicted molar refractivity (Wildman–Crippen MR) is 151 cm³/mol. The number of aliphatic hydroxyl groups excluding tert-OH is 1. The van der Waals surface area contributed by atoms with Gasteiger partial charge in [-0.2, -0.15) is 0 Å². The van der Waals surface area contributed by atoms with Crippen molar-refractivity contribution in [2.24, 2.45) is 11.8 Å². The maximum Gasteiger partial charge on any atom is 0.469 e. The zero-order valence-electron chi connectivity index (χ0n) is 24.7. The zero-order valence-corrected chi connectivity index (χ0v) is 25.6. The SMILES string of the molecule is C=C1CC2CCCC(O)CC(c3coc(C=C(C)C(C)OC)n3)OC(=O)C(C)CC(C)C(OP(=O)(O)O)CC(C1)O2. The molecular weight excluding hydrogens is 553 g/mol. The van der Waals surface area contributed by atoms with E-state index in [1.54, 1.807) is 27.0 Å². The number of fused-ring (bicyclic) bond motifs is 2. The van der Waals surface area contributed by atoms with Gasteiger partial charge in [-0.05, 0) is 63.9 Å². The van der Waals surface area contributed by atoms with Crippen molar-refractivity contribution in [2.45, 2.75) is 116 Å². The lowest BCUT2D eigenvalue weighted by atomic mass is 9.87. The number of cyclic esters (lactones) is 1. The number of phosphoric ester groups is 1. The second kappa shape index (κ2) is 15.0. The molecule has 0 aromatic carbocycles. The summed E-state index contributed by atoms with van der Waals surface area (Å²) in [6, 6.07) is 0. The molecule has 41 heavy (non-hydrogen) atoms. The number of methoxy groups -OCH3 is 1. The first-order chi connectivity index (χ1) is 19.2. The molecule has 0 aliphatic carbocycles. The molecule has 11 nitrogen and oxygen atoms in total. The number of carbonyl (C=O) groups is 1. The first kappa shape index (κ1) is 33.6. The highest BCUT2D eigenvalue weighted by Gasteiger charge is 2.35. The summed E-state index contributed by atoms with van der Waals surface area (Å²) in [6.45, 7) is 11.4. The molecule has 1 aromatic rings. The van der Waals surface area contributed by atoms with E-state index in [-0.39, 0.29) is 37.6 Å². The predicted octanol–water partition coefficient (Wildman–Crippen LogP) is 5.27. The van der Waals surface area contributed by atoms with Crippen LogP contribution in [0.4, 0.5) is 0 Å². The van der Waals surface area contributed by atoms with Gasteiger partial charge in [-0.25, -0.2) is 9.55 Å². The smallest absolute Gasteiger partial charge is 0.455 e. The molecule has 2 aliphatic rings. The molecule has 3 rings (SSSR count). The van der Waals surface area contributed by atoms with Gasteiger partial charge in [0, 0.05) is 26.0 Å². The van der Waals surface area contributed by atoms with Crippen molar-refractivity contribution < 1.29 is 47.4 Å².